The van der Waals surface area contributed by atoms with Crippen LogP contribution in [0.25, 0.3) is 0 Å². The molecule has 0 saturated carbocycles. The molecule has 1 aliphatic heterocycles. The Morgan fingerprint density at radius 1 is 1.35 bits per heavy atom. The predicted molar refractivity (Wildman–Crippen MR) is 64.0 cm³/mol. The molecule has 1 saturated heterocycles. The van der Waals surface area contributed by atoms with E-state index in [4.69, 9.17) is 4.74 Å². The van der Waals surface area contributed by atoms with Gasteiger partial charge in [0, 0.05) is 12.6 Å². The Balaban J connectivity index is 2.33. The van der Waals surface area contributed by atoms with Crippen molar-refractivity contribution in [2.45, 2.75) is 32.2 Å². The van der Waals surface area contributed by atoms with Crippen molar-refractivity contribution in [2.75, 3.05) is 26.2 Å². The molecule has 0 aromatic carbocycles. The summed E-state index contributed by atoms with van der Waals surface area (Å²) in [7, 11) is 0. The van der Waals surface area contributed by atoms with Gasteiger partial charge in [-0.3, -0.25) is 15.0 Å². The second kappa shape index (κ2) is 6.89. The second-order valence-electron chi connectivity index (χ2n) is 4.77. The maximum atomic E-state index is 11.9. The number of hydrogen-bond acceptors (Lipinski definition) is 4. The first-order valence-corrected chi connectivity index (χ1v) is 6.17. The number of hydrogen-bond donors (Lipinski definition) is 2. The number of nitrogens with zero attached hydrogens (tertiary/aromatic N) is 1. The standard InChI is InChI=1S/C11H18F3N3O3/c1-7-5-20-8(2)3-17(7)4-9(18)16-10(19)15-6-11(12,13)14/h7-8H,3-6H2,1-2H3,(H2,15,16,18,19). The third-order valence-corrected chi connectivity index (χ3v) is 2.79. The van der Waals surface area contributed by atoms with E-state index in [1.54, 1.807) is 10.2 Å². The zero-order valence-corrected chi connectivity index (χ0v) is 11.3. The van der Waals surface area contributed by atoms with Gasteiger partial charge in [0.2, 0.25) is 5.91 Å². The van der Waals surface area contributed by atoms with Crippen molar-refractivity contribution in [2.24, 2.45) is 0 Å². The van der Waals surface area contributed by atoms with Crippen LogP contribution in [0.2, 0.25) is 0 Å². The molecule has 0 aromatic heterocycles. The van der Waals surface area contributed by atoms with Gasteiger partial charge in [0.25, 0.3) is 0 Å². The summed E-state index contributed by atoms with van der Waals surface area (Å²) >= 11 is 0. The quantitative estimate of drug-likeness (QED) is 0.795. The first-order chi connectivity index (χ1) is 9.17. The molecule has 3 amide bonds. The van der Waals surface area contributed by atoms with Crippen molar-refractivity contribution in [1.82, 2.24) is 15.5 Å². The van der Waals surface area contributed by atoms with Crippen LogP contribution in [0, 0.1) is 0 Å². The molecule has 1 rings (SSSR count). The number of carbonyl (C=O) groups excluding carboxylic acids is 2. The summed E-state index contributed by atoms with van der Waals surface area (Å²) in [6.45, 7) is 3.18. The fourth-order valence-electron chi connectivity index (χ4n) is 1.77. The van der Waals surface area contributed by atoms with Crippen LogP contribution in [0.1, 0.15) is 13.8 Å². The Labute approximate surface area is 114 Å². The molecular weight excluding hydrogens is 279 g/mol. The van der Waals surface area contributed by atoms with Crippen molar-refractivity contribution in [3.63, 3.8) is 0 Å². The molecule has 20 heavy (non-hydrogen) atoms. The minimum atomic E-state index is -4.51. The maximum Gasteiger partial charge on any atom is 0.405 e. The zero-order chi connectivity index (χ0) is 15.3. The second-order valence-corrected chi connectivity index (χ2v) is 4.77. The Morgan fingerprint density at radius 3 is 2.60 bits per heavy atom. The van der Waals surface area contributed by atoms with Gasteiger partial charge in [-0.05, 0) is 13.8 Å². The molecule has 6 nitrogen and oxygen atoms in total. The van der Waals surface area contributed by atoms with Gasteiger partial charge < -0.3 is 10.1 Å². The topological polar surface area (TPSA) is 70.7 Å². The number of alkyl halides is 3. The monoisotopic (exact) mass is 297 g/mol. The molecule has 0 radical (unpaired) electrons. The number of urea groups is 1. The summed E-state index contributed by atoms with van der Waals surface area (Å²) in [4.78, 5) is 24.5. The Hall–Kier alpha value is -1.35. The van der Waals surface area contributed by atoms with Gasteiger partial charge in [-0.1, -0.05) is 0 Å². The smallest absolute Gasteiger partial charge is 0.376 e. The zero-order valence-electron chi connectivity index (χ0n) is 11.3. The summed E-state index contributed by atoms with van der Waals surface area (Å²) in [5, 5.41) is 3.44. The Morgan fingerprint density at radius 2 is 2.00 bits per heavy atom. The molecule has 1 fully saturated rings. The van der Waals surface area contributed by atoms with Crippen molar-refractivity contribution >= 4 is 11.9 Å². The highest BCUT2D eigenvalue weighted by Gasteiger charge is 2.29. The molecule has 2 unspecified atom stereocenters. The molecule has 1 aliphatic rings. The minimum Gasteiger partial charge on any atom is -0.376 e. The SMILES string of the molecule is CC1CN(CC(=O)NC(=O)NCC(F)(F)F)C(C)CO1. The number of nitrogens with one attached hydrogen (secondary N) is 2. The fourth-order valence-corrected chi connectivity index (χ4v) is 1.77. The van der Waals surface area contributed by atoms with E-state index in [1.165, 1.54) is 0 Å². The molecule has 9 heteroatoms. The fraction of sp³-hybridized carbons (Fsp3) is 0.818. The van der Waals surface area contributed by atoms with Crippen LogP contribution in [-0.2, 0) is 9.53 Å². The van der Waals surface area contributed by atoms with Crippen LogP contribution < -0.4 is 10.6 Å². The van der Waals surface area contributed by atoms with Gasteiger partial charge in [-0.2, -0.15) is 13.2 Å². The van der Waals surface area contributed by atoms with E-state index in [-0.39, 0.29) is 18.7 Å². The average molecular weight is 297 g/mol. The molecule has 0 bridgehead atoms. The Bertz CT molecular complexity index is 363. The lowest BCUT2D eigenvalue weighted by molar-refractivity contribution is -0.127. The van der Waals surface area contributed by atoms with Crippen molar-refractivity contribution in [1.29, 1.82) is 0 Å². The number of rotatable bonds is 3. The molecule has 0 aliphatic carbocycles. The van der Waals surface area contributed by atoms with Crippen molar-refractivity contribution in [3.05, 3.63) is 0 Å². The minimum absolute atomic E-state index is 0.00943. The summed E-state index contributed by atoms with van der Waals surface area (Å²) in [5.41, 5.74) is 0. The number of carbonyl (C=O) groups is 2. The molecule has 2 atom stereocenters. The summed E-state index contributed by atoms with van der Waals surface area (Å²) < 4.78 is 41.0. The summed E-state index contributed by atoms with van der Waals surface area (Å²) in [6, 6.07) is -1.14. The number of halogens is 3. The van der Waals surface area contributed by atoms with E-state index in [9.17, 15) is 22.8 Å². The molecular formula is C11H18F3N3O3. The largest absolute Gasteiger partial charge is 0.405 e. The lowest BCUT2D eigenvalue weighted by Gasteiger charge is -2.36. The molecule has 1 heterocycles. The van der Waals surface area contributed by atoms with Crippen LogP contribution in [0.4, 0.5) is 18.0 Å². The first kappa shape index (κ1) is 16.7. The lowest BCUT2D eigenvalue weighted by atomic mass is 10.2. The van der Waals surface area contributed by atoms with Crippen LogP contribution in [-0.4, -0.2) is 61.4 Å². The highest BCUT2D eigenvalue weighted by Crippen LogP contribution is 2.12. The van der Waals surface area contributed by atoms with Crippen LogP contribution in [0.3, 0.4) is 0 Å². The van der Waals surface area contributed by atoms with Gasteiger partial charge in [0.05, 0.1) is 19.3 Å². The van der Waals surface area contributed by atoms with E-state index in [0.29, 0.717) is 13.2 Å². The molecule has 116 valence electrons. The van der Waals surface area contributed by atoms with Crippen LogP contribution in [0.15, 0.2) is 0 Å². The number of morpholine rings is 1. The highest BCUT2D eigenvalue weighted by atomic mass is 19.4. The number of amides is 3. The van der Waals surface area contributed by atoms with Crippen LogP contribution in [0.5, 0.6) is 0 Å². The number of ether oxygens (including phenoxy) is 1. The van der Waals surface area contributed by atoms with Gasteiger partial charge in [-0.15, -0.1) is 0 Å². The van der Waals surface area contributed by atoms with Crippen LogP contribution >= 0.6 is 0 Å². The molecule has 0 spiro atoms. The normalized spacial score (nSPS) is 24.2. The Kier molecular flexibility index (Phi) is 5.75. The van der Waals surface area contributed by atoms with E-state index < -0.39 is 24.7 Å². The van der Waals surface area contributed by atoms with E-state index in [1.807, 2.05) is 19.2 Å². The summed E-state index contributed by atoms with van der Waals surface area (Å²) in [5.74, 6) is -0.648. The van der Waals surface area contributed by atoms with Gasteiger partial charge in [0.1, 0.15) is 6.54 Å². The number of imide groups is 1. The van der Waals surface area contributed by atoms with E-state index >= 15 is 0 Å². The predicted octanol–water partition coefficient (Wildman–Crippen LogP) is 0.484. The maximum absolute atomic E-state index is 11.9. The van der Waals surface area contributed by atoms with Gasteiger partial charge in [0.15, 0.2) is 0 Å². The third-order valence-electron chi connectivity index (χ3n) is 2.79. The molecule has 0 aromatic rings. The average Bonchev–Trinajstić information content (AvgIpc) is 2.30. The van der Waals surface area contributed by atoms with Crippen molar-refractivity contribution in [3.8, 4) is 0 Å². The van der Waals surface area contributed by atoms with Crippen molar-refractivity contribution < 1.29 is 27.5 Å². The van der Waals surface area contributed by atoms with Gasteiger partial charge in [-0.25, -0.2) is 4.79 Å². The van der Waals surface area contributed by atoms with E-state index in [0.717, 1.165) is 0 Å². The third kappa shape index (κ3) is 6.20. The molecule has 2 N–H and O–H groups in total. The van der Waals surface area contributed by atoms with E-state index in [2.05, 4.69) is 0 Å². The van der Waals surface area contributed by atoms with Gasteiger partial charge >= 0.3 is 12.2 Å². The first-order valence-electron chi connectivity index (χ1n) is 6.17. The highest BCUT2D eigenvalue weighted by molar-refractivity contribution is 5.95. The summed E-state index contributed by atoms with van der Waals surface area (Å²) in [6.07, 6.45) is -4.53. The lowest BCUT2D eigenvalue weighted by Crippen LogP contribution is -2.52.